The van der Waals surface area contributed by atoms with Crippen LogP contribution in [-0.2, 0) is 6.67 Å². The number of nitrogen functional groups attached to an aromatic ring is 1. The summed E-state index contributed by atoms with van der Waals surface area (Å²) in [6.45, 7) is -0.621. The molecule has 1 heterocycles. The molecule has 0 fully saturated rings. The Bertz CT molecular complexity index is 568. The van der Waals surface area contributed by atoms with Crippen molar-refractivity contribution < 1.29 is 4.39 Å². The molecule has 2 rings (SSSR count). The monoisotopic (exact) mass is 429 g/mol. The molecule has 0 aliphatic rings. The number of anilines is 1. The molecule has 0 aliphatic heterocycles. The summed E-state index contributed by atoms with van der Waals surface area (Å²) in [6.07, 6.45) is 1.89. The van der Waals surface area contributed by atoms with Gasteiger partial charge < -0.3 is 5.73 Å². The number of rotatable bonds is 3. The average Bonchev–Trinajstić information content (AvgIpc) is 2.70. The Balaban J connectivity index is 0.00000180. The summed E-state index contributed by atoms with van der Waals surface area (Å²) >= 11 is 13.7. The summed E-state index contributed by atoms with van der Waals surface area (Å²) in [5, 5.41) is 5.66. The topological polar surface area (TPSA) is 43.8 Å². The fraction of sp³-hybridized carbons (Fsp3) is 0.182. The maximum absolute atomic E-state index is 12.6. The summed E-state index contributed by atoms with van der Waals surface area (Å²) in [5.74, 6) is 0.427. The van der Waals surface area contributed by atoms with Gasteiger partial charge in [0.1, 0.15) is 23.2 Å². The second kappa shape index (κ2) is 7.06. The molecule has 0 saturated heterocycles. The van der Waals surface area contributed by atoms with E-state index >= 15 is 0 Å². The van der Waals surface area contributed by atoms with E-state index in [1.54, 1.807) is 6.07 Å². The van der Waals surface area contributed by atoms with Crippen molar-refractivity contribution in [3.8, 4) is 5.69 Å². The molecule has 19 heavy (non-hydrogen) atoms. The van der Waals surface area contributed by atoms with Gasteiger partial charge in [0.05, 0.1) is 10.0 Å². The number of alkyl halides is 1. The molecule has 8 heteroatoms. The Labute approximate surface area is 141 Å². The molecule has 3 nitrogen and oxygen atoms in total. The van der Waals surface area contributed by atoms with Crippen LogP contribution >= 0.6 is 35.0 Å². The van der Waals surface area contributed by atoms with Crippen LogP contribution in [0.1, 0.15) is 5.56 Å². The van der Waals surface area contributed by atoms with E-state index < -0.39 is 6.67 Å². The van der Waals surface area contributed by atoms with Gasteiger partial charge in [0, 0.05) is 6.07 Å². The Hall–Kier alpha value is -0.111. The van der Waals surface area contributed by atoms with E-state index in [9.17, 15) is 4.39 Å². The van der Waals surface area contributed by atoms with Gasteiger partial charge in [-0.15, -0.1) is 11.8 Å². The quantitative estimate of drug-likeness (QED) is 0.603. The number of nitrogens with zero attached hydrogens (tertiary/aromatic N) is 2. The van der Waals surface area contributed by atoms with Gasteiger partial charge in [-0.1, -0.05) is 23.2 Å². The van der Waals surface area contributed by atoms with Crippen LogP contribution < -0.4 is 5.73 Å². The molecule has 0 atom stereocenters. The van der Waals surface area contributed by atoms with E-state index in [0.29, 0.717) is 27.1 Å². The van der Waals surface area contributed by atoms with Crippen LogP contribution in [0.4, 0.5) is 10.2 Å². The van der Waals surface area contributed by atoms with E-state index in [-0.39, 0.29) is 23.9 Å². The van der Waals surface area contributed by atoms with Gasteiger partial charge in [0.2, 0.25) is 0 Å². The van der Waals surface area contributed by atoms with Crippen molar-refractivity contribution in [2.45, 2.75) is 11.7 Å². The van der Waals surface area contributed by atoms with Crippen LogP contribution in [-0.4, -0.2) is 39.9 Å². The molecule has 0 radical (unpaired) electrons. The fourth-order valence-corrected chi connectivity index (χ4v) is 2.64. The molecule has 0 unspecified atom stereocenters. The van der Waals surface area contributed by atoms with Gasteiger partial charge in [-0.25, -0.2) is 9.07 Å². The van der Waals surface area contributed by atoms with Crippen LogP contribution in [0.15, 0.2) is 23.2 Å². The first kappa shape index (κ1) is 16.9. The van der Waals surface area contributed by atoms with Crippen molar-refractivity contribution in [2.24, 2.45) is 0 Å². The molecular formula is C11H14Cl2FN3SSn. The number of thioether (sulfide) groups is 1. The van der Waals surface area contributed by atoms with Gasteiger partial charge in [0.25, 0.3) is 0 Å². The first-order valence-corrected chi connectivity index (χ1v) is 6.98. The first-order chi connectivity index (χ1) is 8.56. The minimum atomic E-state index is -0.621. The number of nitrogens with two attached hydrogens (primary N) is 1. The second-order valence-electron chi connectivity index (χ2n) is 3.57. The molecule has 1 aromatic heterocycles. The van der Waals surface area contributed by atoms with Crippen LogP contribution in [0.3, 0.4) is 0 Å². The zero-order chi connectivity index (χ0) is 13.3. The van der Waals surface area contributed by atoms with Crippen LogP contribution in [0, 0.1) is 0 Å². The third-order valence-corrected chi connectivity index (χ3v) is 3.56. The number of aromatic nitrogens is 2. The molecule has 0 amide bonds. The zero-order valence-corrected chi connectivity index (χ0v) is 11.8. The minimum absolute atomic E-state index is 0. The van der Waals surface area contributed by atoms with Crippen molar-refractivity contribution in [1.82, 2.24) is 9.78 Å². The molecule has 0 spiro atoms. The summed E-state index contributed by atoms with van der Waals surface area (Å²) in [7, 11) is 0. The Kier molecular flexibility index (Phi) is 6.29. The van der Waals surface area contributed by atoms with Gasteiger partial charge in [-0.3, -0.25) is 0 Å². The van der Waals surface area contributed by atoms with Crippen molar-refractivity contribution in [3.05, 3.63) is 33.8 Å². The third kappa shape index (κ3) is 3.51. The first-order valence-electron chi connectivity index (χ1n) is 5.00. The predicted molar refractivity (Wildman–Crippen MR) is 85.9 cm³/mol. The van der Waals surface area contributed by atoms with Gasteiger partial charge >= 0.3 is 23.9 Å². The van der Waals surface area contributed by atoms with Crippen molar-refractivity contribution >= 4 is 64.7 Å². The molecule has 1 aromatic carbocycles. The van der Waals surface area contributed by atoms with Crippen LogP contribution in [0.5, 0.6) is 0 Å². The molecule has 2 aromatic rings. The van der Waals surface area contributed by atoms with Crippen molar-refractivity contribution in [3.63, 3.8) is 0 Å². The van der Waals surface area contributed by atoms with E-state index in [2.05, 4.69) is 5.10 Å². The number of hydrogen-bond donors (Lipinski definition) is 1. The average molecular weight is 429 g/mol. The second-order valence-corrected chi connectivity index (χ2v) is 5.21. The maximum atomic E-state index is 12.6. The van der Waals surface area contributed by atoms with Crippen molar-refractivity contribution in [2.75, 3.05) is 12.0 Å². The number of hydrogen-bond acceptors (Lipinski definition) is 3. The zero-order valence-electron chi connectivity index (χ0n) is 9.45. The Morgan fingerprint density at radius 1 is 1.32 bits per heavy atom. The molecular weight excluding hydrogens is 415 g/mol. The molecule has 0 bridgehead atoms. The summed E-state index contributed by atoms with van der Waals surface area (Å²) < 4.78 is 14.0. The predicted octanol–water partition coefficient (Wildman–Crippen LogP) is 2.50. The Morgan fingerprint density at radius 3 is 2.32 bits per heavy atom. The van der Waals surface area contributed by atoms with E-state index in [1.807, 2.05) is 6.26 Å². The normalized spacial score (nSPS) is 10.3. The van der Waals surface area contributed by atoms with Gasteiger partial charge in [0.15, 0.2) is 0 Å². The van der Waals surface area contributed by atoms with Crippen LogP contribution in [0.25, 0.3) is 5.69 Å². The summed E-state index contributed by atoms with van der Waals surface area (Å²) in [5.41, 5.74) is 6.74. The van der Waals surface area contributed by atoms with Crippen LogP contribution in [0.2, 0.25) is 10.0 Å². The van der Waals surface area contributed by atoms with E-state index in [1.165, 1.54) is 28.6 Å². The third-order valence-electron chi connectivity index (χ3n) is 2.37. The summed E-state index contributed by atoms with van der Waals surface area (Å²) in [4.78, 5) is 0. The molecule has 0 aliphatic carbocycles. The molecule has 104 valence electrons. The van der Waals surface area contributed by atoms with Gasteiger partial charge in [-0.2, -0.15) is 5.10 Å². The standard InChI is InChI=1S/C11H10Cl2FN3S.Sn.4H/c1-18-10-4-9(15)17(16-10)11-7(12)2-6(5-14)3-8(11)13;;;;;/h2-4H,5,15H2,1H3;;;;;. The number of halogens is 3. The summed E-state index contributed by atoms with van der Waals surface area (Å²) in [6, 6.07) is 4.76. The molecule has 2 N–H and O–H groups in total. The molecule has 0 saturated carbocycles. The number of benzene rings is 1. The van der Waals surface area contributed by atoms with E-state index in [0.717, 1.165) is 5.03 Å². The van der Waals surface area contributed by atoms with E-state index in [4.69, 9.17) is 28.9 Å². The van der Waals surface area contributed by atoms with Gasteiger partial charge in [-0.05, 0) is 24.0 Å². The fourth-order valence-electron chi connectivity index (χ4n) is 1.55. The van der Waals surface area contributed by atoms with Crippen molar-refractivity contribution in [1.29, 1.82) is 0 Å². The SMILES string of the molecule is CSc1cc(N)n(-c2c(Cl)cc(CF)cc2Cl)n1.[SnH4]. The Morgan fingerprint density at radius 2 is 1.89 bits per heavy atom.